The van der Waals surface area contributed by atoms with Crippen LogP contribution in [-0.2, 0) is 11.4 Å². The lowest BCUT2D eigenvalue weighted by Gasteiger charge is -2.16. The van der Waals surface area contributed by atoms with Gasteiger partial charge < -0.3 is 5.32 Å². The van der Waals surface area contributed by atoms with Crippen LogP contribution in [0.5, 0.6) is 0 Å². The van der Waals surface area contributed by atoms with Crippen LogP contribution in [0.3, 0.4) is 0 Å². The predicted molar refractivity (Wildman–Crippen MR) is 62.6 cm³/mol. The Labute approximate surface area is 95.5 Å². The molecule has 0 radical (unpaired) electrons. The molecular formula is C12H16N2O2. The summed E-state index contributed by atoms with van der Waals surface area (Å²) in [4.78, 5) is 16.6. The monoisotopic (exact) mass is 220 g/mol. The Hall–Kier alpha value is -1.81. The highest BCUT2D eigenvalue weighted by molar-refractivity contribution is 5.72. The minimum absolute atomic E-state index is 0.282. The van der Waals surface area contributed by atoms with Gasteiger partial charge in [-0.25, -0.2) is 9.86 Å². The topological polar surface area (TPSA) is 41.6 Å². The molecule has 0 atom stereocenters. The quantitative estimate of drug-likeness (QED) is 0.608. The molecule has 0 aliphatic rings. The molecule has 1 aromatic carbocycles. The Morgan fingerprint density at radius 2 is 2.19 bits per heavy atom. The minimum atomic E-state index is -0.282. The second-order valence-electron chi connectivity index (χ2n) is 3.23. The van der Waals surface area contributed by atoms with Crippen molar-refractivity contribution in [1.29, 1.82) is 0 Å². The van der Waals surface area contributed by atoms with Gasteiger partial charge in [-0.3, -0.25) is 4.84 Å². The number of hydroxylamine groups is 2. The molecule has 86 valence electrons. The van der Waals surface area contributed by atoms with E-state index in [2.05, 4.69) is 11.9 Å². The standard InChI is InChI=1S/C12H16N2O2/c1-3-9-13-12(15)14(2)16-10-11-7-5-4-6-8-11/h3-8H,1,9-10H2,2H3,(H,13,15). The van der Waals surface area contributed by atoms with Crippen LogP contribution in [0, 0.1) is 0 Å². The van der Waals surface area contributed by atoms with E-state index in [1.807, 2.05) is 30.3 Å². The molecule has 0 fully saturated rings. The van der Waals surface area contributed by atoms with E-state index in [4.69, 9.17) is 4.84 Å². The molecule has 0 unspecified atom stereocenters. The molecule has 1 N–H and O–H groups in total. The Bertz CT molecular complexity index is 338. The predicted octanol–water partition coefficient (Wildman–Crippen LogP) is 1.95. The van der Waals surface area contributed by atoms with Gasteiger partial charge in [-0.05, 0) is 5.56 Å². The summed E-state index contributed by atoms with van der Waals surface area (Å²) in [5.74, 6) is 0. The number of hydrogen-bond acceptors (Lipinski definition) is 2. The van der Waals surface area contributed by atoms with Crippen LogP contribution in [0.2, 0.25) is 0 Å². The van der Waals surface area contributed by atoms with Gasteiger partial charge in [0.25, 0.3) is 0 Å². The molecule has 4 nitrogen and oxygen atoms in total. The van der Waals surface area contributed by atoms with Gasteiger partial charge in [0.05, 0.1) is 0 Å². The fourth-order valence-corrected chi connectivity index (χ4v) is 1.08. The van der Waals surface area contributed by atoms with E-state index >= 15 is 0 Å². The zero-order chi connectivity index (χ0) is 11.8. The number of carbonyl (C=O) groups is 1. The van der Waals surface area contributed by atoms with Gasteiger partial charge in [0.2, 0.25) is 0 Å². The van der Waals surface area contributed by atoms with Crippen molar-refractivity contribution in [3.63, 3.8) is 0 Å². The van der Waals surface area contributed by atoms with Gasteiger partial charge in [-0.1, -0.05) is 36.4 Å². The summed E-state index contributed by atoms with van der Waals surface area (Å²) in [6, 6.07) is 9.39. The molecule has 0 bridgehead atoms. The van der Waals surface area contributed by atoms with Gasteiger partial charge in [-0.15, -0.1) is 6.58 Å². The van der Waals surface area contributed by atoms with Gasteiger partial charge in [0, 0.05) is 13.6 Å². The zero-order valence-corrected chi connectivity index (χ0v) is 9.35. The first-order valence-corrected chi connectivity index (χ1v) is 5.03. The molecule has 0 spiro atoms. The van der Waals surface area contributed by atoms with E-state index in [1.54, 1.807) is 13.1 Å². The van der Waals surface area contributed by atoms with Crippen LogP contribution in [0.15, 0.2) is 43.0 Å². The fraction of sp³-hybridized carbons (Fsp3) is 0.250. The molecule has 0 saturated heterocycles. The molecular weight excluding hydrogens is 204 g/mol. The third kappa shape index (κ3) is 4.14. The van der Waals surface area contributed by atoms with Crippen LogP contribution in [0.25, 0.3) is 0 Å². The maximum atomic E-state index is 11.4. The largest absolute Gasteiger partial charge is 0.341 e. The smallest absolute Gasteiger partial charge is 0.333 e. The lowest BCUT2D eigenvalue weighted by Crippen LogP contribution is -2.37. The molecule has 2 amide bonds. The van der Waals surface area contributed by atoms with E-state index in [0.717, 1.165) is 5.56 Å². The second kappa shape index (κ2) is 6.63. The summed E-state index contributed by atoms with van der Waals surface area (Å²) in [6.07, 6.45) is 1.61. The van der Waals surface area contributed by atoms with Gasteiger partial charge in [0.1, 0.15) is 6.61 Å². The third-order valence-corrected chi connectivity index (χ3v) is 1.95. The second-order valence-corrected chi connectivity index (χ2v) is 3.23. The summed E-state index contributed by atoms with van der Waals surface area (Å²) in [7, 11) is 1.57. The summed E-state index contributed by atoms with van der Waals surface area (Å²) < 4.78 is 0. The number of nitrogens with zero attached hydrogens (tertiary/aromatic N) is 1. The van der Waals surface area contributed by atoms with Crippen LogP contribution in [0.4, 0.5) is 4.79 Å². The first kappa shape index (κ1) is 12.3. The summed E-state index contributed by atoms with van der Waals surface area (Å²) in [5.41, 5.74) is 1.02. The molecule has 0 aliphatic carbocycles. The van der Waals surface area contributed by atoms with Crippen LogP contribution >= 0.6 is 0 Å². The molecule has 16 heavy (non-hydrogen) atoms. The normalized spacial score (nSPS) is 9.56. The Morgan fingerprint density at radius 1 is 1.50 bits per heavy atom. The molecule has 0 saturated carbocycles. The maximum absolute atomic E-state index is 11.4. The number of benzene rings is 1. The van der Waals surface area contributed by atoms with Crippen molar-refractivity contribution < 1.29 is 9.63 Å². The minimum Gasteiger partial charge on any atom is -0.333 e. The molecule has 1 rings (SSSR count). The first-order valence-electron chi connectivity index (χ1n) is 5.03. The fourth-order valence-electron chi connectivity index (χ4n) is 1.08. The Kier molecular flexibility index (Phi) is 5.08. The molecule has 4 heteroatoms. The first-order chi connectivity index (χ1) is 7.74. The van der Waals surface area contributed by atoms with Crippen LogP contribution in [0.1, 0.15) is 5.56 Å². The number of rotatable bonds is 5. The Balaban J connectivity index is 2.32. The number of urea groups is 1. The van der Waals surface area contributed by atoms with Gasteiger partial charge in [-0.2, -0.15) is 0 Å². The van der Waals surface area contributed by atoms with Crippen molar-refractivity contribution in [3.05, 3.63) is 48.6 Å². The lowest BCUT2D eigenvalue weighted by molar-refractivity contribution is -0.109. The van der Waals surface area contributed by atoms with E-state index in [1.165, 1.54) is 5.06 Å². The van der Waals surface area contributed by atoms with Crippen molar-refractivity contribution in [2.24, 2.45) is 0 Å². The number of nitrogens with one attached hydrogen (secondary N) is 1. The van der Waals surface area contributed by atoms with Gasteiger partial charge in [0.15, 0.2) is 0 Å². The van der Waals surface area contributed by atoms with Crippen LogP contribution in [-0.4, -0.2) is 24.7 Å². The van der Waals surface area contributed by atoms with E-state index in [-0.39, 0.29) is 6.03 Å². The van der Waals surface area contributed by atoms with Crippen molar-refractivity contribution >= 4 is 6.03 Å². The highest BCUT2D eigenvalue weighted by atomic mass is 16.7. The van der Waals surface area contributed by atoms with Gasteiger partial charge >= 0.3 is 6.03 Å². The van der Waals surface area contributed by atoms with E-state index in [0.29, 0.717) is 13.2 Å². The van der Waals surface area contributed by atoms with Crippen LogP contribution < -0.4 is 5.32 Å². The van der Waals surface area contributed by atoms with E-state index < -0.39 is 0 Å². The van der Waals surface area contributed by atoms with Crippen molar-refractivity contribution in [2.75, 3.05) is 13.6 Å². The zero-order valence-electron chi connectivity index (χ0n) is 9.35. The molecule has 0 aliphatic heterocycles. The lowest BCUT2D eigenvalue weighted by atomic mass is 10.2. The summed E-state index contributed by atoms with van der Waals surface area (Å²) in [5, 5.41) is 3.79. The summed E-state index contributed by atoms with van der Waals surface area (Å²) >= 11 is 0. The Morgan fingerprint density at radius 3 is 2.81 bits per heavy atom. The average Bonchev–Trinajstić information content (AvgIpc) is 2.34. The third-order valence-electron chi connectivity index (χ3n) is 1.95. The van der Waals surface area contributed by atoms with Crippen molar-refractivity contribution in [2.45, 2.75) is 6.61 Å². The van der Waals surface area contributed by atoms with E-state index in [9.17, 15) is 4.79 Å². The van der Waals surface area contributed by atoms with Crippen molar-refractivity contribution in [1.82, 2.24) is 10.4 Å². The highest BCUT2D eigenvalue weighted by Gasteiger charge is 2.07. The molecule has 0 aromatic heterocycles. The number of amides is 2. The van der Waals surface area contributed by atoms with Crippen molar-refractivity contribution in [3.8, 4) is 0 Å². The molecule has 1 aromatic rings. The molecule has 0 heterocycles. The highest BCUT2D eigenvalue weighted by Crippen LogP contribution is 2.01. The number of carbonyl (C=O) groups excluding carboxylic acids is 1. The average molecular weight is 220 g/mol. The SMILES string of the molecule is C=CCNC(=O)N(C)OCc1ccccc1. The summed E-state index contributed by atoms with van der Waals surface area (Å²) in [6.45, 7) is 4.31. The maximum Gasteiger partial charge on any atom is 0.341 e. The number of hydrogen-bond donors (Lipinski definition) is 1.